The molecule has 1 unspecified atom stereocenters. The molecule has 0 bridgehead atoms. The molecule has 0 aliphatic rings. The van der Waals surface area contributed by atoms with Gasteiger partial charge >= 0.3 is 0 Å². The number of halogens is 1. The van der Waals surface area contributed by atoms with Crippen molar-refractivity contribution in [2.24, 2.45) is 0 Å². The number of hydrogen-bond acceptors (Lipinski definition) is 2. The Hall–Kier alpha value is -1.30. The molecule has 1 atom stereocenters. The van der Waals surface area contributed by atoms with E-state index in [1.165, 1.54) is 0 Å². The third kappa shape index (κ3) is 3.85. The molecule has 0 saturated heterocycles. The van der Waals surface area contributed by atoms with Crippen LogP contribution in [0.3, 0.4) is 0 Å². The molecular weight excluding hydrogens is 322 g/mol. The molecule has 0 spiro atoms. The van der Waals surface area contributed by atoms with Gasteiger partial charge < -0.3 is 14.8 Å². The lowest BCUT2D eigenvalue weighted by Crippen LogP contribution is -2.47. The first-order valence-corrected chi connectivity index (χ1v) is 7.69. The molecule has 5 nitrogen and oxygen atoms in total. The lowest BCUT2D eigenvalue weighted by molar-refractivity contribution is -0.132. The maximum Gasteiger partial charge on any atom is 0.268 e. The molecule has 1 aromatic heterocycles. The van der Waals surface area contributed by atoms with Crippen LogP contribution in [0.15, 0.2) is 16.7 Å². The molecule has 1 rings (SSSR count). The number of hydrogen-bond donors (Lipinski definition) is 1. The van der Waals surface area contributed by atoms with E-state index in [1.807, 2.05) is 31.5 Å². The second-order valence-corrected chi connectivity index (χ2v) is 5.45. The molecule has 0 fully saturated rings. The van der Waals surface area contributed by atoms with Crippen molar-refractivity contribution in [3.05, 3.63) is 22.4 Å². The summed E-state index contributed by atoms with van der Waals surface area (Å²) in [7, 11) is 0. The zero-order valence-electron chi connectivity index (χ0n) is 12.4. The van der Waals surface area contributed by atoms with Crippen LogP contribution in [-0.2, 0) is 11.3 Å². The first-order chi connectivity index (χ1) is 9.44. The van der Waals surface area contributed by atoms with E-state index in [4.69, 9.17) is 0 Å². The van der Waals surface area contributed by atoms with Gasteiger partial charge in [-0.05, 0) is 49.7 Å². The topological polar surface area (TPSA) is 54.3 Å². The number of aryl methyl sites for hydroxylation is 1. The van der Waals surface area contributed by atoms with E-state index < -0.39 is 6.04 Å². The maximum absolute atomic E-state index is 12.2. The molecule has 0 aromatic carbocycles. The fraction of sp³-hybridized carbons (Fsp3) is 0.571. The van der Waals surface area contributed by atoms with Crippen LogP contribution in [0, 0.1) is 0 Å². The monoisotopic (exact) mass is 343 g/mol. The summed E-state index contributed by atoms with van der Waals surface area (Å²) in [5, 5.41) is 2.76. The summed E-state index contributed by atoms with van der Waals surface area (Å²) in [5.41, 5.74) is 0.554. The van der Waals surface area contributed by atoms with E-state index in [1.54, 1.807) is 17.9 Å². The van der Waals surface area contributed by atoms with Crippen molar-refractivity contribution in [1.29, 1.82) is 0 Å². The van der Waals surface area contributed by atoms with Crippen molar-refractivity contribution in [2.45, 2.75) is 40.3 Å². The van der Waals surface area contributed by atoms with Crippen molar-refractivity contribution in [3.63, 3.8) is 0 Å². The fourth-order valence-corrected chi connectivity index (χ4v) is 2.53. The van der Waals surface area contributed by atoms with Gasteiger partial charge in [-0.3, -0.25) is 9.59 Å². The molecule has 0 saturated carbocycles. The number of nitrogens with zero attached hydrogens (tertiary/aromatic N) is 2. The predicted molar refractivity (Wildman–Crippen MR) is 82.7 cm³/mol. The van der Waals surface area contributed by atoms with Crippen molar-refractivity contribution < 1.29 is 9.59 Å². The highest BCUT2D eigenvalue weighted by molar-refractivity contribution is 9.10. The first-order valence-electron chi connectivity index (χ1n) is 6.89. The second-order valence-electron chi connectivity index (χ2n) is 4.54. The second kappa shape index (κ2) is 7.47. The van der Waals surface area contributed by atoms with Crippen molar-refractivity contribution in [2.75, 3.05) is 13.1 Å². The number of rotatable bonds is 6. The molecule has 1 N–H and O–H groups in total. The van der Waals surface area contributed by atoms with Gasteiger partial charge in [0.05, 0.1) is 0 Å². The minimum atomic E-state index is -0.526. The predicted octanol–water partition coefficient (Wildman–Crippen LogP) is 2.26. The van der Waals surface area contributed by atoms with Gasteiger partial charge in [0.15, 0.2) is 0 Å². The Kier molecular flexibility index (Phi) is 6.26. The number of amides is 2. The van der Waals surface area contributed by atoms with E-state index in [9.17, 15) is 9.59 Å². The lowest BCUT2D eigenvalue weighted by Gasteiger charge is -2.23. The van der Waals surface area contributed by atoms with E-state index in [2.05, 4.69) is 21.2 Å². The van der Waals surface area contributed by atoms with E-state index in [0.717, 1.165) is 4.47 Å². The van der Waals surface area contributed by atoms with Crippen LogP contribution < -0.4 is 5.32 Å². The highest BCUT2D eigenvalue weighted by Crippen LogP contribution is 2.15. The summed E-state index contributed by atoms with van der Waals surface area (Å²) in [6.07, 6.45) is 1.85. The third-order valence-corrected chi connectivity index (χ3v) is 3.66. The average molecular weight is 344 g/mol. The van der Waals surface area contributed by atoms with Crippen LogP contribution in [0.25, 0.3) is 0 Å². The summed E-state index contributed by atoms with van der Waals surface area (Å²) in [5.74, 6) is -0.289. The summed E-state index contributed by atoms with van der Waals surface area (Å²) in [4.78, 5) is 26.1. The number of carbonyl (C=O) groups excluding carboxylic acids is 2. The van der Waals surface area contributed by atoms with Gasteiger partial charge in [0, 0.05) is 30.3 Å². The normalized spacial score (nSPS) is 12.1. The molecular formula is C14H22BrN3O2. The quantitative estimate of drug-likeness (QED) is 0.861. The molecule has 6 heteroatoms. The molecule has 0 aliphatic heterocycles. The average Bonchev–Trinajstić information content (AvgIpc) is 2.81. The van der Waals surface area contributed by atoms with Crippen LogP contribution in [0.5, 0.6) is 0 Å². The minimum absolute atomic E-state index is 0.0583. The van der Waals surface area contributed by atoms with Crippen molar-refractivity contribution in [3.8, 4) is 0 Å². The summed E-state index contributed by atoms with van der Waals surface area (Å²) in [6, 6.07) is 1.23. The van der Waals surface area contributed by atoms with Crippen LogP contribution in [-0.4, -0.2) is 40.4 Å². The van der Waals surface area contributed by atoms with Crippen LogP contribution in [0.4, 0.5) is 0 Å². The Bertz CT molecular complexity index is 481. The van der Waals surface area contributed by atoms with Crippen molar-refractivity contribution in [1.82, 2.24) is 14.8 Å². The lowest BCUT2D eigenvalue weighted by atomic mass is 10.2. The Morgan fingerprint density at radius 1 is 1.35 bits per heavy atom. The van der Waals surface area contributed by atoms with Crippen molar-refractivity contribution >= 4 is 27.7 Å². The number of aromatic nitrogens is 1. The largest absolute Gasteiger partial charge is 0.343 e. The Morgan fingerprint density at radius 2 is 1.95 bits per heavy atom. The van der Waals surface area contributed by atoms with Gasteiger partial charge in [-0.2, -0.15) is 0 Å². The number of likely N-dealkylation sites (N-methyl/N-ethyl adjacent to an activating group) is 1. The summed E-state index contributed by atoms with van der Waals surface area (Å²) in [6.45, 7) is 9.52. The van der Waals surface area contributed by atoms with Gasteiger partial charge in [-0.15, -0.1) is 0 Å². The maximum atomic E-state index is 12.2. The van der Waals surface area contributed by atoms with E-state index in [-0.39, 0.29) is 11.8 Å². The zero-order chi connectivity index (χ0) is 15.3. The molecule has 1 aromatic rings. The smallest absolute Gasteiger partial charge is 0.268 e. The highest BCUT2D eigenvalue weighted by Gasteiger charge is 2.22. The Morgan fingerprint density at radius 3 is 2.45 bits per heavy atom. The van der Waals surface area contributed by atoms with Gasteiger partial charge in [-0.1, -0.05) is 0 Å². The summed E-state index contributed by atoms with van der Waals surface area (Å²) < 4.78 is 2.70. The third-order valence-electron chi connectivity index (χ3n) is 3.23. The van der Waals surface area contributed by atoms with E-state index >= 15 is 0 Å². The molecule has 20 heavy (non-hydrogen) atoms. The fourth-order valence-electron chi connectivity index (χ4n) is 2.07. The number of carbonyl (C=O) groups is 2. The standard InChI is InChI=1S/C14H22BrN3O2/c1-5-17(6-2)14(20)10(4)16-13(19)12-8-11(15)9-18(12)7-3/h8-10H,5-7H2,1-4H3,(H,16,19). The molecule has 2 amide bonds. The summed E-state index contributed by atoms with van der Waals surface area (Å²) >= 11 is 3.36. The highest BCUT2D eigenvalue weighted by atomic mass is 79.9. The van der Waals surface area contributed by atoms with E-state index in [0.29, 0.717) is 25.3 Å². The van der Waals surface area contributed by atoms with Gasteiger partial charge in [-0.25, -0.2) is 0 Å². The van der Waals surface area contributed by atoms with Crippen LogP contribution >= 0.6 is 15.9 Å². The molecule has 112 valence electrons. The van der Waals surface area contributed by atoms with Gasteiger partial charge in [0.25, 0.3) is 5.91 Å². The van der Waals surface area contributed by atoms with Crippen LogP contribution in [0.1, 0.15) is 38.2 Å². The molecule has 0 radical (unpaired) electrons. The van der Waals surface area contributed by atoms with Gasteiger partial charge in [0.2, 0.25) is 5.91 Å². The first kappa shape index (κ1) is 16.8. The number of nitrogens with one attached hydrogen (secondary N) is 1. The Labute approximate surface area is 128 Å². The van der Waals surface area contributed by atoms with Crippen LogP contribution in [0.2, 0.25) is 0 Å². The van der Waals surface area contributed by atoms with Gasteiger partial charge in [0.1, 0.15) is 11.7 Å². The molecule has 0 aliphatic carbocycles. The SMILES string of the molecule is CCN(CC)C(=O)C(C)NC(=O)c1cc(Br)cn1CC. The minimum Gasteiger partial charge on any atom is -0.343 e. The zero-order valence-corrected chi connectivity index (χ0v) is 14.0. The Balaban J connectivity index is 2.77. The molecule has 1 heterocycles.